The van der Waals surface area contributed by atoms with Crippen LogP contribution in [0.4, 0.5) is 0 Å². The van der Waals surface area contributed by atoms with Crippen molar-refractivity contribution in [3.63, 3.8) is 0 Å². The second-order valence-electron chi connectivity index (χ2n) is 6.13. The lowest BCUT2D eigenvalue weighted by Gasteiger charge is -2.20. The third-order valence-corrected chi connectivity index (χ3v) is 5.52. The third kappa shape index (κ3) is 2.58. The topological polar surface area (TPSA) is 45.1 Å². The summed E-state index contributed by atoms with van der Waals surface area (Å²) < 4.78 is 0. The molecule has 0 saturated heterocycles. The molecule has 1 aliphatic rings. The number of phenols is 1. The molecule has 0 fully saturated rings. The maximum atomic E-state index is 10.3. The minimum absolute atomic E-state index is 0.201. The van der Waals surface area contributed by atoms with Crippen LogP contribution < -0.4 is 5.32 Å². The minimum Gasteiger partial charge on any atom is -0.508 e. The molecule has 0 spiro atoms. The molecule has 3 atom stereocenters. The maximum Gasteiger partial charge on any atom is 0.120 e. The van der Waals surface area contributed by atoms with Crippen molar-refractivity contribution in [3.05, 3.63) is 44.9 Å². The highest BCUT2D eigenvalue weighted by Crippen LogP contribution is 2.46. The van der Waals surface area contributed by atoms with E-state index in [0.717, 1.165) is 22.7 Å². The van der Waals surface area contributed by atoms with Crippen LogP contribution in [0, 0.1) is 13.8 Å². The molecule has 0 radical (unpaired) electrons. The average molecular weight is 302 g/mol. The van der Waals surface area contributed by atoms with Gasteiger partial charge in [0.15, 0.2) is 0 Å². The van der Waals surface area contributed by atoms with Gasteiger partial charge in [0.2, 0.25) is 0 Å². The Bertz CT molecular complexity index is 665. The van der Waals surface area contributed by atoms with Gasteiger partial charge in [-0.3, -0.25) is 0 Å². The molecule has 1 heterocycles. The molecule has 3 nitrogen and oxygen atoms in total. The Morgan fingerprint density at radius 2 is 2.10 bits per heavy atom. The van der Waals surface area contributed by atoms with Gasteiger partial charge in [-0.2, -0.15) is 0 Å². The number of aromatic nitrogens is 1. The van der Waals surface area contributed by atoms with Gasteiger partial charge in [0.1, 0.15) is 10.8 Å². The van der Waals surface area contributed by atoms with Gasteiger partial charge in [0.05, 0.1) is 6.04 Å². The third-order valence-electron chi connectivity index (χ3n) is 4.37. The van der Waals surface area contributed by atoms with Crippen LogP contribution in [-0.4, -0.2) is 10.1 Å². The fraction of sp³-hybridized carbons (Fsp3) is 0.471. The first kappa shape index (κ1) is 14.5. The van der Waals surface area contributed by atoms with Gasteiger partial charge in [-0.05, 0) is 50.3 Å². The lowest BCUT2D eigenvalue weighted by atomic mass is 9.97. The Balaban J connectivity index is 1.88. The number of hydrogen-bond acceptors (Lipinski definition) is 4. The molecule has 1 aliphatic carbocycles. The van der Waals surface area contributed by atoms with Gasteiger partial charge >= 0.3 is 0 Å². The van der Waals surface area contributed by atoms with Crippen LogP contribution in [0.3, 0.4) is 0 Å². The van der Waals surface area contributed by atoms with Gasteiger partial charge in [-0.1, -0.05) is 13.0 Å². The molecule has 112 valence electrons. The van der Waals surface area contributed by atoms with Crippen molar-refractivity contribution in [2.45, 2.75) is 52.1 Å². The number of aromatic hydroxyl groups is 1. The molecule has 2 N–H and O–H groups in total. The predicted molar refractivity (Wildman–Crippen MR) is 87.0 cm³/mol. The van der Waals surface area contributed by atoms with Gasteiger partial charge in [-0.15, -0.1) is 11.3 Å². The summed E-state index contributed by atoms with van der Waals surface area (Å²) >= 11 is 1.69. The Hall–Kier alpha value is -1.39. The van der Waals surface area contributed by atoms with Crippen LogP contribution in [0.1, 0.15) is 65.7 Å². The SMILES string of the molecule is Cc1csc(C(C)NC2CC(C)c3c(C)ccc(O)c32)n1. The van der Waals surface area contributed by atoms with Crippen LogP contribution in [0.5, 0.6) is 5.75 Å². The zero-order valence-corrected chi connectivity index (χ0v) is 13.8. The summed E-state index contributed by atoms with van der Waals surface area (Å²) in [6.07, 6.45) is 1.03. The van der Waals surface area contributed by atoms with E-state index in [9.17, 15) is 5.11 Å². The fourth-order valence-corrected chi connectivity index (χ4v) is 4.25. The van der Waals surface area contributed by atoms with Crippen LogP contribution in [-0.2, 0) is 0 Å². The van der Waals surface area contributed by atoms with Gasteiger partial charge < -0.3 is 10.4 Å². The summed E-state index contributed by atoms with van der Waals surface area (Å²) in [5, 5.41) is 17.1. The summed E-state index contributed by atoms with van der Waals surface area (Å²) in [5.41, 5.74) is 4.75. The van der Waals surface area contributed by atoms with Crippen molar-refractivity contribution in [1.82, 2.24) is 10.3 Å². The van der Waals surface area contributed by atoms with Gasteiger partial charge in [0, 0.05) is 22.7 Å². The molecule has 21 heavy (non-hydrogen) atoms. The zero-order chi connectivity index (χ0) is 15.1. The van der Waals surface area contributed by atoms with E-state index in [2.05, 4.69) is 36.5 Å². The maximum absolute atomic E-state index is 10.3. The number of benzene rings is 1. The number of rotatable bonds is 3. The number of hydrogen-bond donors (Lipinski definition) is 2. The fourth-order valence-electron chi connectivity index (χ4n) is 3.44. The largest absolute Gasteiger partial charge is 0.508 e. The Morgan fingerprint density at radius 3 is 2.76 bits per heavy atom. The zero-order valence-electron chi connectivity index (χ0n) is 13.0. The van der Waals surface area contributed by atoms with E-state index in [0.29, 0.717) is 11.7 Å². The second-order valence-corrected chi connectivity index (χ2v) is 7.02. The molecular weight excluding hydrogens is 280 g/mol. The van der Waals surface area contributed by atoms with Crippen molar-refractivity contribution in [2.24, 2.45) is 0 Å². The van der Waals surface area contributed by atoms with E-state index in [4.69, 9.17) is 0 Å². The van der Waals surface area contributed by atoms with Crippen LogP contribution in [0.15, 0.2) is 17.5 Å². The smallest absolute Gasteiger partial charge is 0.120 e. The standard InChI is InChI=1S/C17H22N2OS/c1-9-5-6-14(20)16-13(7-10(2)15(9)16)19-12(4)17-18-11(3)8-21-17/h5-6,8,10,12-13,19-20H,7H2,1-4H3. The molecule has 0 bridgehead atoms. The van der Waals surface area contributed by atoms with Crippen molar-refractivity contribution in [2.75, 3.05) is 0 Å². The van der Waals surface area contributed by atoms with Gasteiger partial charge in [0.25, 0.3) is 0 Å². The average Bonchev–Trinajstić information content (AvgIpc) is 2.99. The molecule has 0 saturated carbocycles. The number of phenolic OH excluding ortho intramolecular Hbond substituents is 1. The van der Waals surface area contributed by atoms with E-state index in [1.54, 1.807) is 11.3 Å². The van der Waals surface area contributed by atoms with Crippen molar-refractivity contribution in [1.29, 1.82) is 0 Å². The summed E-state index contributed by atoms with van der Waals surface area (Å²) in [5.74, 6) is 0.898. The second kappa shape index (κ2) is 5.43. The Labute approximate surface area is 130 Å². The van der Waals surface area contributed by atoms with E-state index in [1.165, 1.54) is 11.1 Å². The van der Waals surface area contributed by atoms with E-state index in [-0.39, 0.29) is 12.1 Å². The summed E-state index contributed by atoms with van der Waals surface area (Å²) in [6.45, 7) is 8.54. The molecule has 0 aliphatic heterocycles. The highest BCUT2D eigenvalue weighted by Gasteiger charge is 2.33. The summed E-state index contributed by atoms with van der Waals surface area (Å²) in [4.78, 5) is 4.56. The van der Waals surface area contributed by atoms with Gasteiger partial charge in [-0.25, -0.2) is 4.98 Å². The van der Waals surface area contributed by atoms with E-state index >= 15 is 0 Å². The number of fused-ring (bicyclic) bond motifs is 1. The number of nitrogens with one attached hydrogen (secondary N) is 1. The Kier molecular flexibility index (Phi) is 3.76. The van der Waals surface area contributed by atoms with Crippen molar-refractivity contribution < 1.29 is 5.11 Å². The first-order valence-corrected chi connectivity index (χ1v) is 8.35. The molecule has 0 amide bonds. The van der Waals surface area contributed by atoms with Crippen LogP contribution in [0.25, 0.3) is 0 Å². The molecule has 1 aromatic heterocycles. The van der Waals surface area contributed by atoms with Crippen molar-refractivity contribution >= 4 is 11.3 Å². The number of aryl methyl sites for hydroxylation is 2. The highest BCUT2D eigenvalue weighted by atomic mass is 32.1. The van der Waals surface area contributed by atoms with Crippen molar-refractivity contribution in [3.8, 4) is 5.75 Å². The van der Waals surface area contributed by atoms with E-state index < -0.39 is 0 Å². The summed E-state index contributed by atoms with van der Waals surface area (Å²) in [6, 6.07) is 4.24. The molecule has 2 aromatic rings. The highest BCUT2D eigenvalue weighted by molar-refractivity contribution is 7.09. The molecular formula is C17H22N2OS. The minimum atomic E-state index is 0.201. The first-order valence-electron chi connectivity index (χ1n) is 7.47. The molecule has 3 rings (SSSR count). The number of thiazole rings is 1. The molecule has 3 unspecified atom stereocenters. The molecule has 4 heteroatoms. The Morgan fingerprint density at radius 1 is 1.33 bits per heavy atom. The predicted octanol–water partition coefficient (Wildman–Crippen LogP) is 4.36. The molecule has 1 aromatic carbocycles. The summed E-state index contributed by atoms with van der Waals surface area (Å²) in [7, 11) is 0. The lowest BCUT2D eigenvalue weighted by Crippen LogP contribution is -2.23. The van der Waals surface area contributed by atoms with Crippen LogP contribution >= 0.6 is 11.3 Å². The monoisotopic (exact) mass is 302 g/mol. The number of nitrogens with zero attached hydrogens (tertiary/aromatic N) is 1. The van der Waals surface area contributed by atoms with Crippen LogP contribution in [0.2, 0.25) is 0 Å². The quantitative estimate of drug-likeness (QED) is 0.885. The lowest BCUT2D eigenvalue weighted by molar-refractivity contribution is 0.421. The normalized spacial score (nSPS) is 22.3. The first-order chi connectivity index (χ1) is 9.97. The van der Waals surface area contributed by atoms with E-state index in [1.807, 2.05) is 19.1 Å².